The third kappa shape index (κ3) is 4.90. The first-order chi connectivity index (χ1) is 14.3. The van der Waals surface area contributed by atoms with E-state index in [0.717, 1.165) is 11.3 Å². The van der Waals surface area contributed by atoms with E-state index in [1.54, 1.807) is 18.4 Å². The first-order valence-electron chi connectivity index (χ1n) is 9.30. The van der Waals surface area contributed by atoms with Crippen LogP contribution in [0.3, 0.4) is 0 Å². The second-order valence-electron chi connectivity index (χ2n) is 6.43. The molecule has 7 heteroatoms. The summed E-state index contributed by atoms with van der Waals surface area (Å²) in [5, 5.41) is 5.71. The quantitative estimate of drug-likeness (QED) is 0.459. The zero-order valence-corrected chi connectivity index (χ0v) is 15.7. The van der Waals surface area contributed by atoms with Crippen molar-refractivity contribution in [1.82, 2.24) is 15.6 Å². The molecule has 1 N–H and O–H groups in total. The van der Waals surface area contributed by atoms with E-state index in [1.807, 2.05) is 65.7 Å². The number of furan rings is 1. The van der Waals surface area contributed by atoms with Gasteiger partial charge >= 0.3 is 0 Å². The van der Waals surface area contributed by atoms with Crippen molar-refractivity contribution >= 4 is 11.6 Å². The molecule has 0 saturated heterocycles. The Bertz CT molecular complexity index is 1030. The molecular weight excluding hydrogens is 368 g/mol. The summed E-state index contributed by atoms with van der Waals surface area (Å²) in [5.41, 5.74) is 4.97. The fourth-order valence-corrected chi connectivity index (χ4v) is 2.86. The number of carbonyl (C=O) groups excluding carboxylic acids is 1. The van der Waals surface area contributed by atoms with Gasteiger partial charge in [0, 0.05) is 12.8 Å². The van der Waals surface area contributed by atoms with Crippen molar-refractivity contribution in [2.24, 2.45) is 0 Å². The van der Waals surface area contributed by atoms with Gasteiger partial charge in [0.15, 0.2) is 5.76 Å². The molecule has 2 heterocycles. The Labute approximate surface area is 167 Å². The average Bonchev–Trinajstić information content (AvgIpc) is 3.45. The topological polar surface area (TPSA) is 84.4 Å². The van der Waals surface area contributed by atoms with E-state index >= 15 is 0 Å². The van der Waals surface area contributed by atoms with Gasteiger partial charge in [0.25, 0.3) is 0 Å². The van der Waals surface area contributed by atoms with E-state index in [9.17, 15) is 4.79 Å². The number of rotatable bonds is 8. The number of nitrogens with one attached hydrogen (secondary N) is 1. The molecule has 0 spiro atoms. The van der Waals surface area contributed by atoms with Crippen molar-refractivity contribution < 1.29 is 13.7 Å². The standard InChI is InChI=1S/C22H20N4O3/c27-20(13-14-21-23-22(25-29-21)19-12-7-15-28-19)24-26(18-10-5-2-6-11-18)16-17-8-3-1-4-9-17/h1-12,15H,13-14,16H2,(H,24,27). The molecule has 0 radical (unpaired) electrons. The van der Waals surface area contributed by atoms with Gasteiger partial charge in [-0.2, -0.15) is 4.98 Å². The van der Waals surface area contributed by atoms with Crippen LogP contribution in [0.15, 0.2) is 88.0 Å². The van der Waals surface area contributed by atoms with E-state index in [-0.39, 0.29) is 12.3 Å². The van der Waals surface area contributed by atoms with Crippen LogP contribution in [0.2, 0.25) is 0 Å². The van der Waals surface area contributed by atoms with E-state index in [2.05, 4.69) is 15.6 Å². The lowest BCUT2D eigenvalue weighted by molar-refractivity contribution is -0.121. The number of aryl methyl sites for hydroxylation is 1. The van der Waals surface area contributed by atoms with Crippen LogP contribution in [0.1, 0.15) is 17.9 Å². The van der Waals surface area contributed by atoms with E-state index in [0.29, 0.717) is 30.4 Å². The Hall–Kier alpha value is -3.87. The van der Waals surface area contributed by atoms with Crippen LogP contribution in [0, 0.1) is 0 Å². The van der Waals surface area contributed by atoms with Gasteiger partial charge in [0.2, 0.25) is 17.6 Å². The molecule has 0 aliphatic carbocycles. The molecule has 1 amide bonds. The maximum Gasteiger partial charge on any atom is 0.239 e. The third-order valence-corrected chi connectivity index (χ3v) is 4.29. The zero-order valence-electron chi connectivity index (χ0n) is 15.7. The summed E-state index contributed by atoms with van der Waals surface area (Å²) in [5.74, 6) is 1.16. The number of hydrogen-bond acceptors (Lipinski definition) is 6. The molecular formula is C22H20N4O3. The third-order valence-electron chi connectivity index (χ3n) is 4.29. The number of hydrazine groups is 1. The van der Waals surface area contributed by atoms with Gasteiger partial charge in [0.05, 0.1) is 18.5 Å². The highest BCUT2D eigenvalue weighted by Gasteiger charge is 2.15. The van der Waals surface area contributed by atoms with E-state index in [4.69, 9.17) is 8.94 Å². The van der Waals surface area contributed by atoms with Crippen molar-refractivity contribution in [3.8, 4) is 11.6 Å². The maximum atomic E-state index is 12.6. The number of hydrogen-bond donors (Lipinski definition) is 1. The van der Waals surface area contributed by atoms with Crippen LogP contribution < -0.4 is 10.4 Å². The molecule has 29 heavy (non-hydrogen) atoms. The molecule has 4 rings (SSSR count). The molecule has 4 aromatic rings. The molecule has 0 fully saturated rings. The molecule has 7 nitrogen and oxygen atoms in total. The van der Waals surface area contributed by atoms with Gasteiger partial charge in [-0.05, 0) is 29.8 Å². The van der Waals surface area contributed by atoms with E-state index < -0.39 is 0 Å². The van der Waals surface area contributed by atoms with Crippen molar-refractivity contribution in [1.29, 1.82) is 0 Å². The summed E-state index contributed by atoms with van der Waals surface area (Å²) in [6.07, 6.45) is 2.11. The Morgan fingerprint density at radius 3 is 2.45 bits per heavy atom. The summed E-state index contributed by atoms with van der Waals surface area (Å²) in [7, 11) is 0. The smallest absolute Gasteiger partial charge is 0.239 e. The highest BCUT2D eigenvalue weighted by atomic mass is 16.5. The predicted octanol–water partition coefficient (Wildman–Crippen LogP) is 4.00. The highest BCUT2D eigenvalue weighted by molar-refractivity contribution is 5.78. The Kier molecular flexibility index (Phi) is 5.66. The fraction of sp³-hybridized carbons (Fsp3) is 0.136. The zero-order chi connectivity index (χ0) is 19.9. The first kappa shape index (κ1) is 18.5. The average molecular weight is 388 g/mol. The molecule has 0 unspecified atom stereocenters. The van der Waals surface area contributed by atoms with Crippen LogP contribution >= 0.6 is 0 Å². The lowest BCUT2D eigenvalue weighted by atomic mass is 10.2. The van der Waals surface area contributed by atoms with Crippen LogP contribution in [0.5, 0.6) is 0 Å². The fourth-order valence-electron chi connectivity index (χ4n) is 2.86. The number of carbonyl (C=O) groups is 1. The molecule has 0 aliphatic heterocycles. The number of anilines is 1. The van der Waals surface area contributed by atoms with Gasteiger partial charge < -0.3 is 8.94 Å². The van der Waals surface area contributed by atoms with Gasteiger partial charge in [-0.1, -0.05) is 53.7 Å². The van der Waals surface area contributed by atoms with Crippen molar-refractivity contribution in [2.75, 3.05) is 5.01 Å². The van der Waals surface area contributed by atoms with Crippen LogP contribution in [0.25, 0.3) is 11.6 Å². The second-order valence-corrected chi connectivity index (χ2v) is 6.43. The Morgan fingerprint density at radius 2 is 1.72 bits per heavy atom. The van der Waals surface area contributed by atoms with Crippen molar-refractivity contribution in [3.05, 3.63) is 90.5 Å². The number of para-hydroxylation sites is 1. The predicted molar refractivity (Wildman–Crippen MR) is 108 cm³/mol. The summed E-state index contributed by atoms with van der Waals surface area (Å²) in [6, 6.07) is 23.2. The van der Waals surface area contributed by atoms with Gasteiger partial charge in [-0.25, -0.2) is 0 Å². The normalized spacial score (nSPS) is 10.6. The summed E-state index contributed by atoms with van der Waals surface area (Å²) >= 11 is 0. The van der Waals surface area contributed by atoms with Gasteiger partial charge in [0.1, 0.15) is 0 Å². The summed E-state index contributed by atoms with van der Waals surface area (Å²) in [4.78, 5) is 16.8. The summed E-state index contributed by atoms with van der Waals surface area (Å²) in [6.45, 7) is 0.555. The number of benzene rings is 2. The van der Waals surface area contributed by atoms with Crippen LogP contribution in [-0.4, -0.2) is 16.0 Å². The Morgan fingerprint density at radius 1 is 0.966 bits per heavy atom. The lowest BCUT2D eigenvalue weighted by Crippen LogP contribution is -2.42. The first-order valence-corrected chi connectivity index (χ1v) is 9.30. The number of aromatic nitrogens is 2. The van der Waals surface area contributed by atoms with Gasteiger partial charge in [-0.3, -0.25) is 15.2 Å². The molecule has 0 saturated carbocycles. The van der Waals surface area contributed by atoms with Crippen molar-refractivity contribution in [2.45, 2.75) is 19.4 Å². The SMILES string of the molecule is O=C(CCc1nc(-c2ccco2)no1)NN(Cc1ccccc1)c1ccccc1. The largest absolute Gasteiger partial charge is 0.461 e. The molecule has 2 aromatic heterocycles. The van der Waals surface area contributed by atoms with Gasteiger partial charge in [-0.15, -0.1) is 0 Å². The molecule has 146 valence electrons. The Balaban J connectivity index is 1.39. The van der Waals surface area contributed by atoms with Crippen molar-refractivity contribution in [3.63, 3.8) is 0 Å². The van der Waals surface area contributed by atoms with E-state index in [1.165, 1.54) is 0 Å². The minimum atomic E-state index is -0.137. The summed E-state index contributed by atoms with van der Waals surface area (Å²) < 4.78 is 10.5. The van der Waals surface area contributed by atoms with Crippen LogP contribution in [-0.2, 0) is 17.8 Å². The molecule has 0 atom stereocenters. The number of amides is 1. The lowest BCUT2D eigenvalue weighted by Gasteiger charge is -2.25. The minimum Gasteiger partial charge on any atom is -0.461 e. The second kappa shape index (κ2) is 8.88. The minimum absolute atomic E-state index is 0.137. The number of nitrogens with zero attached hydrogens (tertiary/aromatic N) is 3. The molecule has 0 aliphatic rings. The molecule has 0 bridgehead atoms. The highest BCUT2D eigenvalue weighted by Crippen LogP contribution is 2.17. The van der Waals surface area contributed by atoms with Crippen LogP contribution in [0.4, 0.5) is 5.69 Å². The monoisotopic (exact) mass is 388 g/mol. The maximum absolute atomic E-state index is 12.6. The molecule has 2 aromatic carbocycles.